The number of carbonyl (C=O) groups is 1. The summed E-state index contributed by atoms with van der Waals surface area (Å²) in [6.07, 6.45) is 3.12. The number of hydrogen-bond donors (Lipinski definition) is 1. The molecule has 0 aliphatic heterocycles. The van der Waals surface area contributed by atoms with Crippen molar-refractivity contribution in [1.29, 1.82) is 0 Å². The molecule has 0 atom stereocenters. The van der Waals surface area contributed by atoms with Gasteiger partial charge in [-0.25, -0.2) is 0 Å². The van der Waals surface area contributed by atoms with E-state index < -0.39 is 0 Å². The smallest absolute Gasteiger partial charge is 0.297 e. The van der Waals surface area contributed by atoms with Gasteiger partial charge in [0.15, 0.2) is 0 Å². The number of carbonyl (C=O) groups excluding carboxylic acids is 1. The molecule has 12 heavy (non-hydrogen) atoms. The molecule has 1 N–H and O–H groups in total. The van der Waals surface area contributed by atoms with Crippen molar-refractivity contribution in [2.75, 3.05) is 0 Å². The average Bonchev–Trinajstić information content (AvgIpc) is 2.53. The first-order chi connectivity index (χ1) is 5.83. The van der Waals surface area contributed by atoms with E-state index in [-0.39, 0.29) is 5.91 Å². The van der Waals surface area contributed by atoms with E-state index in [1.165, 1.54) is 0 Å². The Morgan fingerprint density at radius 1 is 1.75 bits per heavy atom. The molecule has 1 heterocycles. The molecule has 0 aliphatic carbocycles. The summed E-state index contributed by atoms with van der Waals surface area (Å²) in [6, 6.07) is 1.78. The lowest BCUT2D eigenvalue weighted by Gasteiger charge is -1.95. The van der Waals surface area contributed by atoms with Crippen LogP contribution < -0.4 is 5.32 Å². The topological polar surface area (TPSA) is 42.2 Å². The quantitative estimate of drug-likeness (QED) is 0.774. The Kier molecular flexibility index (Phi) is 3.42. The molecular weight excluding hydrogens is 222 g/mol. The highest BCUT2D eigenvalue weighted by Gasteiger charge is 1.96. The van der Waals surface area contributed by atoms with E-state index in [2.05, 4.69) is 32.0 Å². The fourth-order valence-electron chi connectivity index (χ4n) is 0.663. The predicted molar refractivity (Wildman–Crippen MR) is 47.3 cm³/mol. The highest BCUT2D eigenvalue weighted by Crippen LogP contribution is 1.97. The van der Waals surface area contributed by atoms with Crippen LogP contribution >= 0.6 is 15.9 Å². The van der Waals surface area contributed by atoms with Crippen molar-refractivity contribution < 1.29 is 9.21 Å². The molecule has 3 nitrogen and oxygen atoms in total. The average molecular weight is 228 g/mol. The lowest BCUT2D eigenvalue weighted by atomic mass is 10.3. The van der Waals surface area contributed by atoms with Crippen LogP contribution in [0.25, 0.3) is 0 Å². The summed E-state index contributed by atoms with van der Waals surface area (Å²) in [6.45, 7) is 0.441. The summed E-state index contributed by atoms with van der Waals surface area (Å²) < 4.78 is 4.81. The van der Waals surface area contributed by atoms with E-state index in [1.807, 2.05) is 0 Å². The van der Waals surface area contributed by atoms with Gasteiger partial charge in [-0.2, -0.15) is 0 Å². The van der Waals surface area contributed by atoms with Crippen LogP contribution in [-0.2, 0) is 11.3 Å². The maximum atomic E-state index is 10.8. The summed E-state index contributed by atoms with van der Waals surface area (Å²) in [4.78, 5) is 13.1. The largest absolute Gasteiger partial charge is 0.472 e. The molecule has 1 rings (SSSR count). The third kappa shape index (κ3) is 2.81. The van der Waals surface area contributed by atoms with Crippen LogP contribution in [0.5, 0.6) is 0 Å². The molecule has 0 fully saturated rings. The Morgan fingerprint density at radius 3 is 3.17 bits per heavy atom. The third-order valence-electron chi connectivity index (χ3n) is 1.19. The number of amides is 1. The van der Waals surface area contributed by atoms with Crippen LogP contribution in [0, 0.1) is 10.8 Å². The van der Waals surface area contributed by atoms with Crippen molar-refractivity contribution in [3.05, 3.63) is 24.2 Å². The van der Waals surface area contributed by atoms with Gasteiger partial charge in [-0.05, 0) is 10.9 Å². The maximum Gasteiger partial charge on any atom is 0.297 e. The molecule has 0 saturated carbocycles. The van der Waals surface area contributed by atoms with Crippen LogP contribution in [0.1, 0.15) is 5.56 Å². The zero-order valence-corrected chi connectivity index (χ0v) is 7.72. The number of halogens is 1. The van der Waals surface area contributed by atoms with Crippen LogP contribution in [0.4, 0.5) is 0 Å². The second kappa shape index (κ2) is 4.62. The molecule has 0 radical (unpaired) electrons. The summed E-state index contributed by atoms with van der Waals surface area (Å²) in [5.74, 6) is 1.98. The normalized spacial score (nSPS) is 8.42. The maximum absolute atomic E-state index is 10.8. The Morgan fingerprint density at radius 2 is 2.58 bits per heavy atom. The second-order valence-electron chi connectivity index (χ2n) is 2.03. The Hall–Kier alpha value is -1.21. The minimum absolute atomic E-state index is 0.312. The van der Waals surface area contributed by atoms with E-state index in [4.69, 9.17) is 4.42 Å². The second-order valence-corrected chi connectivity index (χ2v) is 2.43. The van der Waals surface area contributed by atoms with Crippen molar-refractivity contribution in [2.45, 2.75) is 6.54 Å². The van der Waals surface area contributed by atoms with Gasteiger partial charge in [-0.3, -0.25) is 4.79 Å². The number of rotatable bonds is 2. The minimum atomic E-state index is -0.312. The zero-order valence-electron chi connectivity index (χ0n) is 6.13. The summed E-state index contributed by atoms with van der Waals surface area (Å²) in [5.41, 5.74) is 0.916. The Bertz CT molecular complexity index is 308. The van der Waals surface area contributed by atoms with Crippen molar-refractivity contribution >= 4 is 21.8 Å². The fraction of sp³-hybridized carbons (Fsp3) is 0.125. The molecule has 4 heteroatoms. The Balaban J connectivity index is 2.35. The van der Waals surface area contributed by atoms with Gasteiger partial charge < -0.3 is 9.73 Å². The SMILES string of the molecule is O=C(C#CBr)NCc1ccoc1. The van der Waals surface area contributed by atoms with Crippen LogP contribution in [0.15, 0.2) is 23.0 Å². The molecule has 62 valence electrons. The first-order valence-corrected chi connectivity index (χ1v) is 4.03. The molecule has 0 aliphatic rings. The molecular formula is C8H6BrNO2. The van der Waals surface area contributed by atoms with E-state index >= 15 is 0 Å². The number of furan rings is 1. The summed E-state index contributed by atoms with van der Waals surface area (Å²) in [7, 11) is 0. The summed E-state index contributed by atoms with van der Waals surface area (Å²) in [5, 5.41) is 2.58. The predicted octanol–water partition coefficient (Wildman–Crippen LogP) is 1.25. The van der Waals surface area contributed by atoms with Crippen molar-refractivity contribution in [3.63, 3.8) is 0 Å². The van der Waals surface area contributed by atoms with Crippen LogP contribution in [-0.4, -0.2) is 5.91 Å². The standard InChI is InChI=1S/C8H6BrNO2/c9-3-1-8(11)10-5-7-2-4-12-6-7/h2,4,6H,5H2,(H,10,11). The van der Waals surface area contributed by atoms with Gasteiger partial charge in [0, 0.05) is 34.0 Å². The van der Waals surface area contributed by atoms with E-state index in [0.29, 0.717) is 6.54 Å². The molecule has 0 unspecified atom stereocenters. The molecule has 0 saturated heterocycles. The molecule has 0 aromatic carbocycles. The van der Waals surface area contributed by atoms with Gasteiger partial charge in [0.2, 0.25) is 0 Å². The molecule has 1 aromatic heterocycles. The molecule has 1 amide bonds. The fourth-order valence-corrected chi connectivity index (χ4v) is 0.843. The molecule has 0 bridgehead atoms. The monoisotopic (exact) mass is 227 g/mol. The first kappa shape index (κ1) is 8.88. The van der Waals surface area contributed by atoms with E-state index in [9.17, 15) is 4.79 Å². The van der Waals surface area contributed by atoms with Gasteiger partial charge >= 0.3 is 0 Å². The molecule has 0 spiro atoms. The first-order valence-electron chi connectivity index (χ1n) is 3.23. The minimum Gasteiger partial charge on any atom is -0.472 e. The number of hydrogen-bond acceptors (Lipinski definition) is 2. The van der Waals surface area contributed by atoms with Crippen LogP contribution in [0.3, 0.4) is 0 Å². The Labute approximate surface area is 78.3 Å². The van der Waals surface area contributed by atoms with Gasteiger partial charge in [0.05, 0.1) is 12.5 Å². The van der Waals surface area contributed by atoms with Crippen molar-refractivity contribution in [3.8, 4) is 10.8 Å². The van der Waals surface area contributed by atoms with E-state index in [0.717, 1.165) is 5.56 Å². The summed E-state index contributed by atoms with van der Waals surface area (Å²) >= 11 is 2.83. The van der Waals surface area contributed by atoms with Gasteiger partial charge in [0.25, 0.3) is 5.91 Å². The van der Waals surface area contributed by atoms with E-state index in [1.54, 1.807) is 18.6 Å². The lowest BCUT2D eigenvalue weighted by Crippen LogP contribution is -2.20. The zero-order chi connectivity index (χ0) is 8.81. The van der Waals surface area contributed by atoms with Gasteiger partial charge in [-0.15, -0.1) is 0 Å². The molecule has 1 aromatic rings. The lowest BCUT2D eigenvalue weighted by molar-refractivity contribution is -0.115. The number of nitrogens with one attached hydrogen (secondary N) is 1. The highest BCUT2D eigenvalue weighted by molar-refractivity contribution is 9.12. The van der Waals surface area contributed by atoms with Crippen LogP contribution in [0.2, 0.25) is 0 Å². The van der Waals surface area contributed by atoms with Crippen molar-refractivity contribution in [1.82, 2.24) is 5.32 Å². The highest BCUT2D eigenvalue weighted by atomic mass is 79.9. The van der Waals surface area contributed by atoms with Gasteiger partial charge in [-0.1, -0.05) is 0 Å². The van der Waals surface area contributed by atoms with Crippen molar-refractivity contribution in [2.24, 2.45) is 0 Å². The van der Waals surface area contributed by atoms with Gasteiger partial charge in [0.1, 0.15) is 0 Å². The third-order valence-corrected chi connectivity index (χ3v) is 1.39.